The van der Waals surface area contributed by atoms with Crippen LogP contribution in [0.3, 0.4) is 0 Å². The minimum atomic E-state index is -3.87. The predicted molar refractivity (Wildman–Crippen MR) is 74.4 cm³/mol. The van der Waals surface area contributed by atoms with Gasteiger partial charge < -0.3 is 19.3 Å². The summed E-state index contributed by atoms with van der Waals surface area (Å²) in [4.78, 5) is 14.7. The van der Waals surface area contributed by atoms with Gasteiger partial charge in [-0.15, -0.1) is 8.78 Å². The molecule has 0 atom stereocenters. The van der Waals surface area contributed by atoms with Gasteiger partial charge in [-0.1, -0.05) is 11.6 Å². The minimum Gasteiger partial charge on any atom is -0.496 e. The monoisotopic (exact) mass is 361 g/mol. The van der Waals surface area contributed by atoms with Crippen LogP contribution in [0, 0.1) is 5.82 Å². The van der Waals surface area contributed by atoms with E-state index in [-0.39, 0.29) is 22.8 Å². The number of rotatable bonds is 3. The average molecular weight is 362 g/mol. The predicted octanol–water partition coefficient (Wildman–Crippen LogP) is 3.57. The lowest BCUT2D eigenvalue weighted by molar-refractivity contribution is -0.286. The molecule has 126 valence electrons. The van der Waals surface area contributed by atoms with Gasteiger partial charge in [0.25, 0.3) is 0 Å². The molecular formula is C14H7ClF3NO5. The third-order valence-corrected chi connectivity index (χ3v) is 3.40. The molecule has 0 saturated carbocycles. The Hall–Kier alpha value is -2.68. The molecule has 0 bridgehead atoms. The Morgan fingerprint density at radius 1 is 1.29 bits per heavy atom. The molecule has 1 N–H and O–H groups in total. The number of alkyl halides is 2. The zero-order valence-electron chi connectivity index (χ0n) is 11.8. The van der Waals surface area contributed by atoms with Crippen molar-refractivity contribution < 1.29 is 37.3 Å². The van der Waals surface area contributed by atoms with Gasteiger partial charge in [0.05, 0.1) is 12.1 Å². The molecule has 0 spiro atoms. The van der Waals surface area contributed by atoms with Gasteiger partial charge in [-0.05, 0) is 12.1 Å². The Labute approximate surface area is 137 Å². The van der Waals surface area contributed by atoms with Gasteiger partial charge in [-0.2, -0.15) is 0 Å². The lowest BCUT2D eigenvalue weighted by Crippen LogP contribution is -2.25. The Morgan fingerprint density at radius 2 is 1.92 bits per heavy atom. The number of nitrogens with zero attached hydrogens (tertiary/aromatic N) is 1. The normalized spacial score (nSPS) is 14.5. The second-order valence-corrected chi connectivity index (χ2v) is 5.03. The first-order chi connectivity index (χ1) is 11.2. The van der Waals surface area contributed by atoms with Crippen molar-refractivity contribution in [3.8, 4) is 28.5 Å². The second kappa shape index (κ2) is 5.45. The fraction of sp³-hybridized carbons (Fsp3) is 0.143. The highest BCUT2D eigenvalue weighted by Crippen LogP contribution is 2.47. The zero-order valence-corrected chi connectivity index (χ0v) is 12.5. The molecule has 0 amide bonds. The van der Waals surface area contributed by atoms with Gasteiger partial charge in [-0.3, -0.25) is 0 Å². The number of hydrogen-bond donors (Lipinski definition) is 1. The first kappa shape index (κ1) is 16.2. The lowest BCUT2D eigenvalue weighted by atomic mass is 10.1. The highest BCUT2D eigenvalue weighted by molar-refractivity contribution is 6.33. The lowest BCUT2D eigenvalue weighted by Gasteiger charge is -2.11. The molecule has 10 heteroatoms. The van der Waals surface area contributed by atoms with E-state index in [0.717, 1.165) is 18.2 Å². The van der Waals surface area contributed by atoms with Crippen LogP contribution in [0.1, 0.15) is 10.5 Å². The van der Waals surface area contributed by atoms with Crippen molar-refractivity contribution in [3.05, 3.63) is 34.7 Å². The van der Waals surface area contributed by atoms with Crippen LogP contribution >= 0.6 is 11.6 Å². The van der Waals surface area contributed by atoms with E-state index in [2.05, 4.69) is 14.5 Å². The maximum atomic E-state index is 14.2. The van der Waals surface area contributed by atoms with Crippen molar-refractivity contribution in [2.45, 2.75) is 6.29 Å². The van der Waals surface area contributed by atoms with E-state index in [9.17, 15) is 18.0 Å². The van der Waals surface area contributed by atoms with Crippen LogP contribution in [0.2, 0.25) is 5.02 Å². The first-order valence-electron chi connectivity index (χ1n) is 6.29. The molecule has 24 heavy (non-hydrogen) atoms. The molecule has 3 rings (SSSR count). The summed E-state index contributed by atoms with van der Waals surface area (Å²) in [6.07, 6.45) is -3.87. The topological polar surface area (TPSA) is 77.9 Å². The molecule has 1 aromatic heterocycles. The number of halogens is 4. The summed E-state index contributed by atoms with van der Waals surface area (Å²) in [5.41, 5.74) is -1.15. The fourth-order valence-electron chi connectivity index (χ4n) is 2.14. The van der Waals surface area contributed by atoms with Crippen LogP contribution in [0.25, 0.3) is 11.3 Å². The van der Waals surface area contributed by atoms with Crippen LogP contribution in [0.15, 0.2) is 18.2 Å². The van der Waals surface area contributed by atoms with Crippen molar-refractivity contribution in [2.75, 3.05) is 7.11 Å². The van der Waals surface area contributed by atoms with E-state index in [4.69, 9.17) is 21.4 Å². The van der Waals surface area contributed by atoms with Crippen molar-refractivity contribution in [2.24, 2.45) is 0 Å². The molecule has 0 aliphatic carbocycles. The smallest absolute Gasteiger partial charge is 0.496 e. The van der Waals surface area contributed by atoms with Gasteiger partial charge in [0.2, 0.25) is 0 Å². The number of carboxylic acids is 1. The largest absolute Gasteiger partial charge is 0.586 e. The molecule has 1 aliphatic heterocycles. The van der Waals surface area contributed by atoms with Crippen LogP contribution in [-0.2, 0) is 0 Å². The summed E-state index contributed by atoms with van der Waals surface area (Å²) in [6, 6.07) is 2.83. The van der Waals surface area contributed by atoms with Crippen molar-refractivity contribution >= 4 is 17.6 Å². The number of pyridine rings is 1. The summed E-state index contributed by atoms with van der Waals surface area (Å²) in [7, 11) is 1.21. The van der Waals surface area contributed by atoms with Gasteiger partial charge in [0, 0.05) is 11.6 Å². The van der Waals surface area contributed by atoms with E-state index in [1.54, 1.807) is 0 Å². The first-order valence-corrected chi connectivity index (χ1v) is 6.67. The quantitative estimate of drug-likeness (QED) is 0.900. The van der Waals surface area contributed by atoms with E-state index in [0.29, 0.717) is 0 Å². The van der Waals surface area contributed by atoms with Gasteiger partial charge in [0.15, 0.2) is 23.0 Å². The molecule has 1 aliphatic rings. The van der Waals surface area contributed by atoms with Crippen molar-refractivity contribution in [1.29, 1.82) is 0 Å². The summed E-state index contributed by atoms with van der Waals surface area (Å²) >= 11 is 5.63. The highest BCUT2D eigenvalue weighted by atomic mass is 35.5. The third-order valence-electron chi connectivity index (χ3n) is 3.11. The third kappa shape index (κ3) is 2.67. The van der Waals surface area contributed by atoms with Gasteiger partial charge in [0.1, 0.15) is 11.4 Å². The summed E-state index contributed by atoms with van der Waals surface area (Å²) in [5, 5.41) is 8.63. The molecule has 0 radical (unpaired) electrons. The molecule has 0 unspecified atom stereocenters. The molecule has 2 aromatic rings. The molecule has 0 saturated heterocycles. The summed E-state index contributed by atoms with van der Waals surface area (Å²) in [5.74, 6) is -3.20. The number of ether oxygens (including phenoxy) is 3. The van der Waals surface area contributed by atoms with Crippen LogP contribution in [-0.4, -0.2) is 29.5 Å². The average Bonchev–Trinajstić information content (AvgIpc) is 2.78. The number of aromatic carboxylic acids is 1. The van der Waals surface area contributed by atoms with E-state index < -0.39 is 34.5 Å². The number of aromatic nitrogens is 1. The van der Waals surface area contributed by atoms with Gasteiger partial charge >= 0.3 is 12.3 Å². The van der Waals surface area contributed by atoms with Crippen LogP contribution in [0.4, 0.5) is 13.2 Å². The number of hydrogen-bond acceptors (Lipinski definition) is 5. The van der Waals surface area contributed by atoms with E-state index in [1.807, 2.05) is 0 Å². The number of fused-ring (bicyclic) bond motifs is 1. The van der Waals surface area contributed by atoms with E-state index >= 15 is 0 Å². The van der Waals surface area contributed by atoms with Crippen molar-refractivity contribution in [1.82, 2.24) is 4.98 Å². The SMILES string of the molecule is COc1cc2c(cc1-c1nc(C(=O)O)c(Cl)cc1F)OC(F)(F)O2. The standard InChI is InChI=1S/C14H7ClF3NO5/c1-22-8-4-10-9(23-14(17,18)24-10)2-5(8)11-7(16)3-6(15)12(19-11)13(20)21/h2-4H,1H3,(H,20,21). The van der Waals surface area contributed by atoms with Gasteiger partial charge in [-0.25, -0.2) is 14.2 Å². The molecule has 1 aromatic carbocycles. The Kier molecular flexibility index (Phi) is 3.67. The second-order valence-electron chi connectivity index (χ2n) is 4.62. The van der Waals surface area contributed by atoms with Crippen molar-refractivity contribution in [3.63, 3.8) is 0 Å². The molecule has 0 fully saturated rings. The summed E-state index contributed by atoms with van der Waals surface area (Å²) < 4.78 is 54.0. The summed E-state index contributed by atoms with van der Waals surface area (Å²) in [6.45, 7) is 0. The minimum absolute atomic E-state index is 0.0693. The van der Waals surface area contributed by atoms with E-state index in [1.165, 1.54) is 7.11 Å². The number of benzene rings is 1. The van der Waals surface area contributed by atoms with Crippen LogP contribution in [0.5, 0.6) is 17.2 Å². The maximum Gasteiger partial charge on any atom is 0.586 e. The fourth-order valence-corrected chi connectivity index (χ4v) is 2.36. The number of methoxy groups -OCH3 is 1. The maximum absolute atomic E-state index is 14.2. The molecule has 2 heterocycles. The molecular weight excluding hydrogens is 355 g/mol. The molecule has 6 nitrogen and oxygen atoms in total. The zero-order chi connectivity index (χ0) is 17.6. The highest BCUT2D eigenvalue weighted by Gasteiger charge is 2.44. The van der Waals surface area contributed by atoms with Crippen LogP contribution < -0.4 is 14.2 Å². The number of carboxylic acid groups (broad SMARTS) is 1. The Bertz CT molecular complexity index is 859. The Morgan fingerprint density at radius 3 is 2.50 bits per heavy atom. The number of carbonyl (C=O) groups is 1. The Balaban J connectivity index is 2.21.